The average molecular weight is 304 g/mol. The molecule has 9 heteroatoms. The van der Waals surface area contributed by atoms with Gasteiger partial charge in [-0.05, 0) is 18.2 Å². The Morgan fingerprint density at radius 1 is 0.947 bits per heavy atom. The molecular formula is C10H10F6N2S. The fourth-order valence-corrected chi connectivity index (χ4v) is 1.64. The highest BCUT2D eigenvalue weighted by atomic mass is 32.2. The molecular weight excluding hydrogens is 294 g/mol. The number of nitrogens with one attached hydrogen (secondary N) is 1. The van der Waals surface area contributed by atoms with Crippen LogP contribution in [0.5, 0.6) is 0 Å². The second-order valence-corrected chi connectivity index (χ2v) is 4.52. The highest BCUT2D eigenvalue weighted by Gasteiger charge is 2.36. The van der Waals surface area contributed by atoms with Gasteiger partial charge >= 0.3 is 12.4 Å². The third-order valence-corrected chi connectivity index (χ3v) is 2.67. The minimum Gasteiger partial charge on any atom is -0.376 e. The lowest BCUT2D eigenvalue weighted by atomic mass is 10.1. The van der Waals surface area contributed by atoms with Crippen molar-refractivity contribution in [1.82, 2.24) is 0 Å². The SMILES string of the molecule is NCSCNc1cc(C(F)(F)F)cc(C(F)(F)F)c1. The molecule has 0 saturated heterocycles. The molecule has 0 aliphatic heterocycles. The lowest BCUT2D eigenvalue weighted by molar-refractivity contribution is -0.143. The van der Waals surface area contributed by atoms with Crippen LogP contribution in [0.3, 0.4) is 0 Å². The van der Waals surface area contributed by atoms with Gasteiger partial charge in [0.05, 0.1) is 17.0 Å². The van der Waals surface area contributed by atoms with Crippen molar-refractivity contribution in [3.05, 3.63) is 29.3 Å². The zero-order valence-corrected chi connectivity index (χ0v) is 10.2. The molecule has 0 unspecified atom stereocenters. The van der Waals surface area contributed by atoms with Crippen molar-refractivity contribution in [3.8, 4) is 0 Å². The Hall–Kier alpha value is -1.09. The summed E-state index contributed by atoms with van der Waals surface area (Å²) in [6, 6.07) is 1.35. The van der Waals surface area contributed by atoms with Crippen molar-refractivity contribution in [2.45, 2.75) is 12.4 Å². The van der Waals surface area contributed by atoms with E-state index in [2.05, 4.69) is 5.32 Å². The van der Waals surface area contributed by atoms with Crippen LogP contribution >= 0.6 is 11.8 Å². The number of alkyl halides is 6. The molecule has 0 aromatic heterocycles. The van der Waals surface area contributed by atoms with E-state index < -0.39 is 23.5 Å². The molecule has 0 saturated carbocycles. The van der Waals surface area contributed by atoms with Crippen LogP contribution in [0, 0.1) is 0 Å². The highest BCUT2D eigenvalue weighted by Crippen LogP contribution is 2.37. The molecule has 0 fully saturated rings. The largest absolute Gasteiger partial charge is 0.416 e. The lowest BCUT2D eigenvalue weighted by Crippen LogP contribution is -2.12. The van der Waals surface area contributed by atoms with Crippen LogP contribution < -0.4 is 11.1 Å². The number of benzene rings is 1. The van der Waals surface area contributed by atoms with Crippen LogP contribution in [0.2, 0.25) is 0 Å². The summed E-state index contributed by atoms with van der Waals surface area (Å²) in [6.45, 7) is 0. The third kappa shape index (κ3) is 4.83. The molecule has 1 aromatic rings. The zero-order valence-electron chi connectivity index (χ0n) is 9.40. The van der Waals surface area contributed by atoms with E-state index in [1.165, 1.54) is 0 Å². The van der Waals surface area contributed by atoms with Crippen molar-refractivity contribution in [3.63, 3.8) is 0 Å². The average Bonchev–Trinajstić information content (AvgIpc) is 2.27. The van der Waals surface area contributed by atoms with Crippen LogP contribution in [-0.2, 0) is 12.4 Å². The van der Waals surface area contributed by atoms with Gasteiger partial charge in [0.2, 0.25) is 0 Å². The van der Waals surface area contributed by atoms with Gasteiger partial charge in [0.25, 0.3) is 0 Å². The summed E-state index contributed by atoms with van der Waals surface area (Å²) < 4.78 is 75.0. The summed E-state index contributed by atoms with van der Waals surface area (Å²) >= 11 is 1.13. The predicted molar refractivity (Wildman–Crippen MR) is 61.6 cm³/mol. The van der Waals surface area contributed by atoms with Crippen LogP contribution in [-0.4, -0.2) is 11.8 Å². The summed E-state index contributed by atoms with van der Waals surface area (Å²) in [4.78, 5) is 0. The maximum atomic E-state index is 12.5. The maximum absolute atomic E-state index is 12.5. The molecule has 0 spiro atoms. The smallest absolute Gasteiger partial charge is 0.376 e. The Kier molecular flexibility index (Phi) is 4.97. The number of hydrogen-bond acceptors (Lipinski definition) is 3. The molecule has 0 radical (unpaired) electrons. The minimum atomic E-state index is -4.83. The van der Waals surface area contributed by atoms with Gasteiger partial charge in [0, 0.05) is 11.6 Å². The monoisotopic (exact) mass is 304 g/mol. The van der Waals surface area contributed by atoms with E-state index >= 15 is 0 Å². The molecule has 0 aliphatic rings. The molecule has 1 rings (SSSR count). The van der Waals surface area contributed by atoms with E-state index in [1.54, 1.807) is 0 Å². The summed E-state index contributed by atoms with van der Waals surface area (Å²) in [5, 5.41) is 2.45. The van der Waals surface area contributed by atoms with Crippen LogP contribution in [0.25, 0.3) is 0 Å². The van der Waals surface area contributed by atoms with Gasteiger partial charge < -0.3 is 11.1 Å². The molecule has 108 valence electrons. The Labute approximate surface area is 109 Å². The first-order valence-electron chi connectivity index (χ1n) is 4.96. The van der Waals surface area contributed by atoms with Gasteiger partial charge in [-0.2, -0.15) is 26.3 Å². The Bertz CT molecular complexity index is 397. The second-order valence-electron chi connectivity index (χ2n) is 3.49. The van der Waals surface area contributed by atoms with Crippen LogP contribution in [0.1, 0.15) is 11.1 Å². The summed E-state index contributed by atoms with van der Waals surface area (Å²) in [7, 11) is 0. The molecule has 1 aromatic carbocycles. The number of thioether (sulfide) groups is 1. The highest BCUT2D eigenvalue weighted by molar-refractivity contribution is 7.99. The molecule has 3 N–H and O–H groups in total. The summed E-state index contributed by atoms with van der Waals surface area (Å²) in [6.07, 6.45) is -9.67. The third-order valence-electron chi connectivity index (χ3n) is 2.08. The Balaban J connectivity index is 3.10. The molecule has 0 heterocycles. The van der Waals surface area contributed by atoms with Crippen molar-refractivity contribution in [2.75, 3.05) is 17.1 Å². The fourth-order valence-electron chi connectivity index (χ4n) is 1.25. The van der Waals surface area contributed by atoms with Gasteiger partial charge in [0.15, 0.2) is 0 Å². The first-order valence-corrected chi connectivity index (χ1v) is 6.11. The predicted octanol–water partition coefficient (Wildman–Crippen LogP) is 3.74. The Morgan fingerprint density at radius 3 is 1.79 bits per heavy atom. The first-order chi connectivity index (χ1) is 8.64. The topological polar surface area (TPSA) is 38.0 Å². The number of halogens is 6. The second kappa shape index (κ2) is 5.91. The van der Waals surface area contributed by atoms with E-state index in [0.717, 1.165) is 11.8 Å². The standard InChI is InChI=1S/C10H10F6N2S/c11-9(12,13)6-1-7(10(14,15)16)3-8(2-6)18-5-19-4-17/h1-3,18H,4-5,17H2. The number of hydrogen-bond donors (Lipinski definition) is 2. The maximum Gasteiger partial charge on any atom is 0.416 e. The first kappa shape index (κ1) is 16.0. The van der Waals surface area contributed by atoms with E-state index in [-0.39, 0.29) is 23.5 Å². The molecule has 19 heavy (non-hydrogen) atoms. The fraction of sp³-hybridized carbons (Fsp3) is 0.400. The molecule has 0 amide bonds. The van der Waals surface area contributed by atoms with Crippen molar-refractivity contribution < 1.29 is 26.3 Å². The van der Waals surface area contributed by atoms with Crippen molar-refractivity contribution >= 4 is 17.4 Å². The lowest BCUT2D eigenvalue weighted by Gasteiger charge is -2.15. The number of anilines is 1. The van der Waals surface area contributed by atoms with E-state index in [1.807, 2.05) is 0 Å². The van der Waals surface area contributed by atoms with E-state index in [9.17, 15) is 26.3 Å². The van der Waals surface area contributed by atoms with Gasteiger partial charge in [-0.15, -0.1) is 11.8 Å². The molecule has 2 nitrogen and oxygen atoms in total. The number of rotatable bonds is 4. The van der Waals surface area contributed by atoms with E-state index in [0.29, 0.717) is 12.1 Å². The molecule has 0 atom stereocenters. The summed E-state index contributed by atoms with van der Waals surface area (Å²) in [5.74, 6) is 0.327. The Morgan fingerprint density at radius 2 is 1.42 bits per heavy atom. The summed E-state index contributed by atoms with van der Waals surface area (Å²) in [5.41, 5.74) is 2.22. The number of nitrogens with two attached hydrogens (primary N) is 1. The minimum absolute atomic E-state index is 0.0846. The van der Waals surface area contributed by atoms with Crippen LogP contribution in [0.15, 0.2) is 18.2 Å². The normalized spacial score (nSPS) is 12.6. The van der Waals surface area contributed by atoms with Crippen LogP contribution in [0.4, 0.5) is 32.0 Å². The van der Waals surface area contributed by atoms with Gasteiger partial charge in [-0.25, -0.2) is 0 Å². The quantitative estimate of drug-likeness (QED) is 0.505. The zero-order chi connectivity index (χ0) is 14.7. The van der Waals surface area contributed by atoms with Gasteiger partial charge in [-0.1, -0.05) is 0 Å². The van der Waals surface area contributed by atoms with Crippen molar-refractivity contribution in [1.29, 1.82) is 0 Å². The van der Waals surface area contributed by atoms with Gasteiger partial charge in [-0.3, -0.25) is 0 Å². The molecule has 0 aliphatic carbocycles. The van der Waals surface area contributed by atoms with Gasteiger partial charge in [0.1, 0.15) is 0 Å². The van der Waals surface area contributed by atoms with E-state index in [4.69, 9.17) is 5.73 Å². The van der Waals surface area contributed by atoms with Crippen molar-refractivity contribution in [2.24, 2.45) is 5.73 Å². The molecule has 0 bridgehead atoms.